The van der Waals surface area contributed by atoms with Gasteiger partial charge in [-0.1, -0.05) is 42.5 Å². The Kier molecular flexibility index (Phi) is 12.5. The van der Waals surface area contributed by atoms with E-state index in [4.69, 9.17) is 28.4 Å². The number of carbonyl (C=O) groups excluding carboxylic acids is 4. The minimum absolute atomic E-state index is 0.120. The highest BCUT2D eigenvalue weighted by molar-refractivity contribution is 5.89. The van der Waals surface area contributed by atoms with Gasteiger partial charge in [0, 0.05) is 0 Å². The molecule has 270 valence electrons. The van der Waals surface area contributed by atoms with Crippen molar-refractivity contribution in [2.24, 2.45) is 16.2 Å². The van der Waals surface area contributed by atoms with Crippen LogP contribution < -0.4 is 0 Å². The first-order chi connectivity index (χ1) is 22.5. The van der Waals surface area contributed by atoms with Crippen LogP contribution in [0.5, 0.6) is 0 Å². The van der Waals surface area contributed by atoms with E-state index in [2.05, 4.69) is 0 Å². The van der Waals surface area contributed by atoms with E-state index in [9.17, 15) is 19.2 Å². The summed E-state index contributed by atoms with van der Waals surface area (Å²) in [6, 6.07) is 16.1. The minimum atomic E-state index is -1.20. The molecule has 2 aromatic rings. The highest BCUT2D eigenvalue weighted by Gasteiger charge is 2.53. The van der Waals surface area contributed by atoms with Gasteiger partial charge in [0.05, 0.1) is 28.4 Å². The third-order valence-corrected chi connectivity index (χ3v) is 7.49. The Morgan fingerprint density at radius 1 is 0.633 bits per heavy atom. The highest BCUT2D eigenvalue weighted by Crippen LogP contribution is 2.40. The molecule has 1 saturated heterocycles. The topological polar surface area (TPSA) is 124 Å². The van der Waals surface area contributed by atoms with Crippen LogP contribution in [0.25, 0.3) is 0 Å². The molecule has 0 radical (unpaired) electrons. The fourth-order valence-electron chi connectivity index (χ4n) is 4.66. The standard InChI is InChI=1S/C39H54O10/c1-36(2,3)33(41)45-23-27-29(47-34(42)37(4,5)6)31(48-35(43)38(7,8)9)30(44-22-24-16-14-13-15-17-24)28(46-27)25-18-20-26(21-19-25)32(40)49-39(10,11)12/h13-21,27-31H,22-23H2,1-12H3/t27-,28+,29-,30+,31+/m1/s1. The third-order valence-electron chi connectivity index (χ3n) is 7.49. The number of hydrogen-bond donors (Lipinski definition) is 0. The molecule has 0 amide bonds. The first kappa shape index (κ1) is 39.7. The molecule has 10 heteroatoms. The molecule has 0 saturated carbocycles. The van der Waals surface area contributed by atoms with Crippen molar-refractivity contribution in [2.75, 3.05) is 6.61 Å². The van der Waals surface area contributed by atoms with Crippen LogP contribution in [0.3, 0.4) is 0 Å². The normalized spacial score (nSPS) is 21.8. The Balaban J connectivity index is 2.16. The molecule has 1 fully saturated rings. The summed E-state index contributed by atoms with van der Waals surface area (Å²) >= 11 is 0. The van der Waals surface area contributed by atoms with E-state index in [1.807, 2.05) is 30.3 Å². The maximum absolute atomic E-state index is 13.6. The van der Waals surface area contributed by atoms with Crippen LogP contribution in [0.2, 0.25) is 0 Å². The lowest BCUT2D eigenvalue weighted by Gasteiger charge is -2.46. The Morgan fingerprint density at radius 2 is 1.14 bits per heavy atom. The van der Waals surface area contributed by atoms with Crippen molar-refractivity contribution in [2.45, 2.75) is 126 Å². The smallest absolute Gasteiger partial charge is 0.338 e. The third kappa shape index (κ3) is 11.4. The quantitative estimate of drug-likeness (QED) is 0.199. The van der Waals surface area contributed by atoms with E-state index in [1.54, 1.807) is 107 Å². The molecule has 1 aliphatic heterocycles. The van der Waals surface area contributed by atoms with Crippen LogP contribution in [0.15, 0.2) is 54.6 Å². The van der Waals surface area contributed by atoms with Gasteiger partial charge in [0.1, 0.15) is 30.5 Å². The van der Waals surface area contributed by atoms with Gasteiger partial charge in [-0.05, 0) is 106 Å². The average Bonchev–Trinajstić information content (AvgIpc) is 2.98. The van der Waals surface area contributed by atoms with Gasteiger partial charge in [-0.15, -0.1) is 0 Å². The summed E-state index contributed by atoms with van der Waals surface area (Å²) in [5.41, 5.74) is -1.55. The van der Waals surface area contributed by atoms with E-state index < -0.39 is 76.2 Å². The van der Waals surface area contributed by atoms with Crippen LogP contribution >= 0.6 is 0 Å². The molecule has 0 spiro atoms. The molecule has 1 heterocycles. The predicted octanol–water partition coefficient (Wildman–Crippen LogP) is 7.17. The summed E-state index contributed by atoms with van der Waals surface area (Å²) in [4.78, 5) is 52.7. The second-order valence-corrected chi connectivity index (χ2v) is 16.6. The molecule has 3 rings (SSSR count). The first-order valence-corrected chi connectivity index (χ1v) is 16.7. The van der Waals surface area contributed by atoms with E-state index in [-0.39, 0.29) is 13.2 Å². The van der Waals surface area contributed by atoms with Gasteiger partial charge in [-0.3, -0.25) is 14.4 Å². The van der Waals surface area contributed by atoms with Crippen molar-refractivity contribution < 1.29 is 47.6 Å². The summed E-state index contributed by atoms with van der Waals surface area (Å²) < 4.78 is 36.8. The summed E-state index contributed by atoms with van der Waals surface area (Å²) in [6.07, 6.45) is -5.33. The van der Waals surface area contributed by atoms with Crippen LogP contribution in [-0.4, -0.2) is 60.5 Å². The maximum Gasteiger partial charge on any atom is 0.338 e. The van der Waals surface area contributed by atoms with Crippen molar-refractivity contribution in [3.05, 3.63) is 71.3 Å². The van der Waals surface area contributed by atoms with Crippen LogP contribution in [0.4, 0.5) is 0 Å². The van der Waals surface area contributed by atoms with Crippen molar-refractivity contribution in [1.29, 1.82) is 0 Å². The number of hydrogen-bond acceptors (Lipinski definition) is 10. The SMILES string of the molecule is CC(C)(C)OC(=O)c1ccc([C@@H]2O[C@H](COC(=O)C(C)(C)C)[C@@H](OC(=O)C(C)(C)C)[C@H](OC(=O)C(C)(C)C)[C@H]2OCc2ccccc2)cc1. The lowest BCUT2D eigenvalue weighted by atomic mass is 9.89. The monoisotopic (exact) mass is 682 g/mol. The van der Waals surface area contributed by atoms with Crippen molar-refractivity contribution in [1.82, 2.24) is 0 Å². The van der Waals surface area contributed by atoms with Crippen LogP contribution in [0, 0.1) is 16.2 Å². The molecule has 0 aliphatic carbocycles. The molecular formula is C39H54O10. The van der Waals surface area contributed by atoms with Gasteiger partial charge in [0.25, 0.3) is 0 Å². The zero-order chi connectivity index (χ0) is 36.9. The van der Waals surface area contributed by atoms with Crippen molar-refractivity contribution >= 4 is 23.9 Å². The van der Waals surface area contributed by atoms with Gasteiger partial charge in [0.15, 0.2) is 12.2 Å². The number of ether oxygens (including phenoxy) is 6. The fourth-order valence-corrected chi connectivity index (χ4v) is 4.66. The molecule has 10 nitrogen and oxygen atoms in total. The molecule has 0 unspecified atom stereocenters. The molecule has 1 aliphatic rings. The van der Waals surface area contributed by atoms with Gasteiger partial charge in [-0.25, -0.2) is 4.79 Å². The fraction of sp³-hybridized carbons (Fsp3) is 0.590. The highest BCUT2D eigenvalue weighted by atomic mass is 16.6. The lowest BCUT2D eigenvalue weighted by molar-refractivity contribution is -0.265. The van der Waals surface area contributed by atoms with Gasteiger partial charge >= 0.3 is 23.9 Å². The van der Waals surface area contributed by atoms with Gasteiger partial charge in [-0.2, -0.15) is 0 Å². The Labute approximate surface area is 291 Å². The van der Waals surface area contributed by atoms with E-state index >= 15 is 0 Å². The van der Waals surface area contributed by atoms with Gasteiger partial charge < -0.3 is 28.4 Å². The molecule has 0 aromatic heterocycles. The number of esters is 4. The summed E-state index contributed by atoms with van der Waals surface area (Å²) in [5, 5.41) is 0. The number of rotatable bonds is 9. The second kappa shape index (κ2) is 15.4. The molecule has 5 atom stereocenters. The van der Waals surface area contributed by atoms with Gasteiger partial charge in [0.2, 0.25) is 0 Å². The van der Waals surface area contributed by atoms with Crippen molar-refractivity contribution in [3.8, 4) is 0 Å². The van der Waals surface area contributed by atoms with E-state index in [1.165, 1.54) is 0 Å². The summed E-state index contributed by atoms with van der Waals surface area (Å²) in [5.74, 6) is -2.08. The van der Waals surface area contributed by atoms with Crippen LogP contribution in [-0.2, 0) is 49.4 Å². The van der Waals surface area contributed by atoms with E-state index in [0.717, 1.165) is 5.56 Å². The Morgan fingerprint density at radius 3 is 1.63 bits per heavy atom. The minimum Gasteiger partial charge on any atom is -0.462 e. The summed E-state index contributed by atoms with van der Waals surface area (Å²) in [6.45, 7) is 20.7. The first-order valence-electron chi connectivity index (χ1n) is 16.7. The molecule has 0 bridgehead atoms. The predicted molar refractivity (Wildman–Crippen MR) is 183 cm³/mol. The van der Waals surface area contributed by atoms with Crippen molar-refractivity contribution in [3.63, 3.8) is 0 Å². The summed E-state index contributed by atoms with van der Waals surface area (Å²) in [7, 11) is 0. The number of carbonyl (C=O) groups is 4. The molecular weight excluding hydrogens is 628 g/mol. The second-order valence-electron chi connectivity index (χ2n) is 16.6. The average molecular weight is 683 g/mol. The zero-order valence-electron chi connectivity index (χ0n) is 31.1. The zero-order valence-corrected chi connectivity index (χ0v) is 31.1. The Hall–Kier alpha value is -3.76. The maximum atomic E-state index is 13.6. The molecule has 0 N–H and O–H groups in total. The lowest BCUT2D eigenvalue weighted by Crippen LogP contribution is -2.60. The molecule has 2 aromatic carbocycles. The Bertz CT molecular complexity index is 1440. The largest absolute Gasteiger partial charge is 0.462 e. The van der Waals surface area contributed by atoms with E-state index in [0.29, 0.717) is 11.1 Å². The van der Waals surface area contributed by atoms with Crippen LogP contribution in [0.1, 0.15) is 111 Å². The number of benzene rings is 2. The molecule has 49 heavy (non-hydrogen) atoms.